The Bertz CT molecular complexity index is 1890. The van der Waals surface area contributed by atoms with Gasteiger partial charge in [0.15, 0.2) is 0 Å². The maximum Gasteiger partial charge on any atom is 0.256 e. The van der Waals surface area contributed by atoms with Crippen LogP contribution in [-0.2, 0) is 15.4 Å². The number of carbonyl (C=O) groups excluding carboxylic acids is 1. The van der Waals surface area contributed by atoms with Gasteiger partial charge in [0, 0.05) is 37.3 Å². The van der Waals surface area contributed by atoms with Gasteiger partial charge in [0.25, 0.3) is 5.91 Å². The lowest BCUT2D eigenvalue weighted by Gasteiger charge is -2.45. The number of hydrogen-bond donors (Lipinski definition) is 1. The van der Waals surface area contributed by atoms with Gasteiger partial charge in [0.1, 0.15) is 11.6 Å². The number of piperidine rings is 2. The number of carbonyl (C=O) groups is 1. The van der Waals surface area contributed by atoms with Gasteiger partial charge in [0.2, 0.25) is 10.0 Å². The Morgan fingerprint density at radius 1 is 0.958 bits per heavy atom. The molecule has 3 aromatic carbocycles. The Morgan fingerprint density at radius 3 is 2.31 bits per heavy atom. The zero-order valence-electron chi connectivity index (χ0n) is 28.1. The van der Waals surface area contributed by atoms with Crippen molar-refractivity contribution in [2.24, 2.45) is 0 Å². The van der Waals surface area contributed by atoms with Crippen molar-refractivity contribution in [2.75, 3.05) is 19.6 Å². The van der Waals surface area contributed by atoms with E-state index >= 15 is 0 Å². The minimum absolute atomic E-state index is 0.101. The maximum absolute atomic E-state index is 15.0. The van der Waals surface area contributed by atoms with Gasteiger partial charge in [-0.05, 0) is 114 Å². The van der Waals surface area contributed by atoms with Crippen LogP contribution in [0, 0.1) is 12.7 Å². The zero-order chi connectivity index (χ0) is 33.6. The molecule has 0 radical (unpaired) electrons. The van der Waals surface area contributed by atoms with E-state index in [1.807, 2.05) is 6.07 Å². The molecule has 3 aliphatic heterocycles. The molecule has 1 amide bonds. The number of hydrogen-bond acceptors (Lipinski definition) is 5. The van der Waals surface area contributed by atoms with Crippen molar-refractivity contribution in [1.82, 2.24) is 24.1 Å². The quantitative estimate of drug-likeness (QED) is 0.217. The van der Waals surface area contributed by atoms with Crippen LogP contribution in [-0.4, -0.2) is 71.4 Å². The van der Waals surface area contributed by atoms with Crippen molar-refractivity contribution >= 4 is 27.0 Å². The molecular formula is C38H46FN5O3S. The number of nitrogens with one attached hydrogen (secondary N) is 1. The van der Waals surface area contributed by atoms with Crippen molar-refractivity contribution in [3.8, 4) is 0 Å². The fraction of sp³-hybridized carbons (Fsp3) is 0.474. The second-order valence-electron chi connectivity index (χ2n) is 14.4. The molecule has 1 unspecified atom stereocenters. The van der Waals surface area contributed by atoms with Crippen molar-refractivity contribution in [1.29, 1.82) is 0 Å². The fourth-order valence-electron chi connectivity index (χ4n) is 8.79. The smallest absolute Gasteiger partial charge is 0.256 e. The van der Waals surface area contributed by atoms with Crippen LogP contribution < -0.4 is 4.72 Å². The average molecular weight is 672 g/mol. The predicted molar refractivity (Wildman–Crippen MR) is 186 cm³/mol. The second kappa shape index (κ2) is 13.0. The molecule has 4 heterocycles. The molecule has 8 nitrogen and oxygen atoms in total. The molecule has 0 aliphatic carbocycles. The number of amides is 1. The number of nitrogens with zero attached hydrogens (tertiary/aromatic N) is 4. The summed E-state index contributed by atoms with van der Waals surface area (Å²) in [7, 11) is -3.86. The van der Waals surface area contributed by atoms with Crippen molar-refractivity contribution in [2.45, 2.75) is 100 Å². The summed E-state index contributed by atoms with van der Waals surface area (Å²) in [6, 6.07) is 23.8. The molecule has 0 saturated carbocycles. The first-order chi connectivity index (χ1) is 23.0. The number of benzene rings is 3. The standard InChI is InChI=1S/C38H46FN5O3S/c1-26(2)41-48(46,47)32-15-16-34(39)33(25-32)37(45)42-20-17-38(18-21-42,28-9-5-4-6-10-28)19-22-43-29-13-14-30(43)24-31(23-29)44-27(3)40-35-11-7-8-12-36(35)44/h4-12,15-16,25-26,29-31,41H,13-14,17-24H2,1-3H3/t29-,30+,31?. The zero-order valence-corrected chi connectivity index (χ0v) is 28.9. The molecule has 254 valence electrons. The number of imidazole rings is 1. The first-order valence-corrected chi connectivity index (χ1v) is 18.9. The number of rotatable bonds is 9. The summed E-state index contributed by atoms with van der Waals surface area (Å²) in [4.78, 5) is 22.9. The summed E-state index contributed by atoms with van der Waals surface area (Å²) >= 11 is 0. The Labute approximate surface area is 283 Å². The van der Waals surface area contributed by atoms with Gasteiger partial charge in [0.05, 0.1) is 21.5 Å². The molecule has 3 aliphatic rings. The molecule has 48 heavy (non-hydrogen) atoms. The minimum Gasteiger partial charge on any atom is -0.338 e. The highest BCUT2D eigenvalue weighted by molar-refractivity contribution is 7.89. The third-order valence-corrected chi connectivity index (χ3v) is 12.8. The molecular weight excluding hydrogens is 626 g/mol. The van der Waals surface area contributed by atoms with Crippen molar-refractivity contribution < 1.29 is 17.6 Å². The minimum atomic E-state index is -3.86. The summed E-state index contributed by atoms with van der Waals surface area (Å²) in [5.74, 6) is -0.0711. The summed E-state index contributed by atoms with van der Waals surface area (Å²) in [5, 5.41) is 0. The van der Waals surface area contributed by atoms with Gasteiger partial charge in [-0.2, -0.15) is 0 Å². The Balaban J connectivity index is 1.06. The normalized spacial score (nSPS) is 22.9. The lowest BCUT2D eigenvalue weighted by molar-refractivity contribution is 0.0603. The highest BCUT2D eigenvalue weighted by Gasteiger charge is 2.44. The van der Waals surface area contributed by atoms with E-state index in [2.05, 4.69) is 69.6 Å². The van der Waals surface area contributed by atoms with Crippen LogP contribution in [0.1, 0.15) is 86.6 Å². The van der Waals surface area contributed by atoms with E-state index in [1.54, 1.807) is 18.7 Å². The van der Waals surface area contributed by atoms with Crippen LogP contribution >= 0.6 is 0 Å². The first kappa shape index (κ1) is 32.9. The van der Waals surface area contributed by atoms with E-state index in [9.17, 15) is 17.6 Å². The van der Waals surface area contributed by atoms with Crippen LogP contribution in [0.4, 0.5) is 4.39 Å². The van der Waals surface area contributed by atoms with E-state index in [-0.39, 0.29) is 21.9 Å². The van der Waals surface area contributed by atoms with Crippen LogP contribution in [0.3, 0.4) is 0 Å². The van der Waals surface area contributed by atoms with E-state index in [0.29, 0.717) is 31.2 Å². The lowest BCUT2D eigenvalue weighted by atomic mass is 9.70. The number of likely N-dealkylation sites (tertiary alicyclic amines) is 1. The largest absolute Gasteiger partial charge is 0.338 e. The fourth-order valence-corrected chi connectivity index (χ4v) is 10.1. The molecule has 3 atom stereocenters. The summed E-state index contributed by atoms with van der Waals surface area (Å²) in [6.07, 6.45) is 7.23. The molecule has 3 fully saturated rings. The molecule has 1 N–H and O–H groups in total. The van der Waals surface area contributed by atoms with E-state index in [4.69, 9.17) is 4.98 Å². The van der Waals surface area contributed by atoms with Crippen molar-refractivity contribution in [3.05, 3.63) is 95.6 Å². The summed E-state index contributed by atoms with van der Waals surface area (Å²) in [6.45, 7) is 7.54. The number of para-hydroxylation sites is 2. The van der Waals surface area contributed by atoms with E-state index in [1.165, 1.54) is 36.1 Å². The van der Waals surface area contributed by atoms with E-state index in [0.717, 1.165) is 56.1 Å². The van der Waals surface area contributed by atoms with Gasteiger partial charge < -0.3 is 9.47 Å². The number of aryl methyl sites for hydroxylation is 1. The average Bonchev–Trinajstić information content (AvgIpc) is 3.53. The molecule has 2 bridgehead atoms. The van der Waals surface area contributed by atoms with Crippen molar-refractivity contribution in [3.63, 3.8) is 0 Å². The molecule has 10 heteroatoms. The lowest BCUT2D eigenvalue weighted by Crippen LogP contribution is -2.49. The second-order valence-corrected chi connectivity index (χ2v) is 16.1. The Hall–Kier alpha value is -3.60. The molecule has 0 spiro atoms. The summed E-state index contributed by atoms with van der Waals surface area (Å²) < 4.78 is 45.5. The van der Waals surface area contributed by atoms with Crippen LogP contribution in [0.5, 0.6) is 0 Å². The molecule has 4 aromatic rings. The van der Waals surface area contributed by atoms with Gasteiger partial charge >= 0.3 is 0 Å². The van der Waals surface area contributed by atoms with E-state index < -0.39 is 21.7 Å². The number of sulfonamides is 1. The number of aromatic nitrogens is 2. The van der Waals surface area contributed by atoms with Crippen LogP contribution in [0.2, 0.25) is 0 Å². The number of halogens is 1. The third kappa shape index (κ3) is 6.18. The molecule has 3 saturated heterocycles. The first-order valence-electron chi connectivity index (χ1n) is 17.4. The third-order valence-electron chi connectivity index (χ3n) is 11.1. The Kier molecular flexibility index (Phi) is 8.93. The molecule has 7 rings (SSSR count). The van der Waals surface area contributed by atoms with Gasteiger partial charge in [-0.25, -0.2) is 22.5 Å². The van der Waals surface area contributed by atoms with Crippen LogP contribution in [0.25, 0.3) is 11.0 Å². The Morgan fingerprint density at radius 2 is 1.62 bits per heavy atom. The predicted octanol–water partition coefficient (Wildman–Crippen LogP) is 6.60. The summed E-state index contributed by atoms with van der Waals surface area (Å²) in [5.41, 5.74) is 3.30. The van der Waals surface area contributed by atoms with Gasteiger partial charge in [-0.1, -0.05) is 42.5 Å². The topological polar surface area (TPSA) is 87.5 Å². The number of fused-ring (bicyclic) bond motifs is 3. The molecule has 1 aromatic heterocycles. The van der Waals surface area contributed by atoms with Crippen LogP contribution in [0.15, 0.2) is 77.7 Å². The highest BCUT2D eigenvalue weighted by atomic mass is 32.2. The maximum atomic E-state index is 15.0. The SMILES string of the molecule is Cc1nc2ccccc2n1C1C[C@H]2CC[C@@H](C1)N2CCC1(c2ccccc2)CCN(C(=O)c2cc(S(=O)(=O)NC(C)C)ccc2F)CC1. The van der Waals surface area contributed by atoms with Gasteiger partial charge in [-0.3, -0.25) is 9.69 Å². The monoisotopic (exact) mass is 671 g/mol. The highest BCUT2D eigenvalue weighted by Crippen LogP contribution is 2.45. The van der Waals surface area contributed by atoms with Gasteiger partial charge in [-0.15, -0.1) is 0 Å².